The van der Waals surface area contributed by atoms with Crippen molar-refractivity contribution in [3.8, 4) is 5.82 Å². The highest BCUT2D eigenvalue weighted by molar-refractivity contribution is 5.84. The molecule has 3 aromatic rings. The molecule has 0 radical (unpaired) electrons. The summed E-state index contributed by atoms with van der Waals surface area (Å²) in [5, 5.41) is 26.1. The normalized spacial score (nSPS) is 16.6. The number of hydrogen-bond acceptors (Lipinski definition) is 8. The molecule has 128 valence electrons. The molecule has 4 rings (SSSR count). The number of fused-ring (bicyclic) bond motifs is 1. The van der Waals surface area contributed by atoms with Gasteiger partial charge in [0.1, 0.15) is 24.5 Å². The third-order valence-corrected chi connectivity index (χ3v) is 4.38. The molecule has 3 N–H and O–H groups in total. The van der Waals surface area contributed by atoms with Crippen LogP contribution in [0.1, 0.15) is 27.3 Å². The van der Waals surface area contributed by atoms with Crippen LogP contribution in [0.15, 0.2) is 28.9 Å². The van der Waals surface area contributed by atoms with Crippen LogP contribution in [0.2, 0.25) is 0 Å². The number of aromatic nitrogens is 5. The summed E-state index contributed by atoms with van der Waals surface area (Å²) < 4.78 is 5.83. The number of carbonyl (C=O) groups excluding carboxylic acids is 1. The highest BCUT2D eigenvalue weighted by Crippen LogP contribution is 2.16. The van der Waals surface area contributed by atoms with Crippen molar-refractivity contribution in [2.75, 3.05) is 12.3 Å². The number of carboxylic acid groups (broad SMARTS) is 1. The maximum Gasteiger partial charge on any atom is 0.243 e. The number of carbonyl (C=O) groups is 1. The standard InChI is InChI=1S/C15H15N7O3/c16-13-14(19-25-18-13)22-11(12(15(23)24)17-20-22)8-21-6-5-9-3-1-2-4-10(9)7-21/h1-4H,5-8H2,(H2,16,18)(H,23,24). The van der Waals surface area contributed by atoms with Crippen molar-refractivity contribution in [3.63, 3.8) is 0 Å². The quantitative estimate of drug-likeness (QED) is 0.542. The van der Waals surface area contributed by atoms with Crippen LogP contribution in [0, 0.1) is 0 Å². The number of carboxylic acids is 1. The molecule has 1 aliphatic rings. The van der Waals surface area contributed by atoms with Gasteiger partial charge in [-0.25, -0.2) is 4.63 Å². The van der Waals surface area contributed by atoms with Gasteiger partial charge in [-0.2, -0.15) is 4.68 Å². The maximum absolute atomic E-state index is 11.4. The van der Waals surface area contributed by atoms with Crippen molar-refractivity contribution in [2.24, 2.45) is 0 Å². The Balaban J connectivity index is 1.67. The molecule has 0 amide bonds. The third kappa shape index (κ3) is 2.72. The lowest BCUT2D eigenvalue weighted by atomic mass is 10.00. The average Bonchev–Trinajstić information content (AvgIpc) is 3.20. The van der Waals surface area contributed by atoms with E-state index in [9.17, 15) is 9.90 Å². The lowest BCUT2D eigenvalue weighted by molar-refractivity contribution is -0.929. The van der Waals surface area contributed by atoms with Crippen LogP contribution in [0.25, 0.3) is 5.82 Å². The predicted octanol–water partition coefficient (Wildman–Crippen LogP) is -2.26. The van der Waals surface area contributed by atoms with Crippen LogP contribution in [-0.4, -0.2) is 37.8 Å². The Kier molecular flexibility index (Phi) is 3.65. The molecule has 1 unspecified atom stereocenters. The highest BCUT2D eigenvalue weighted by atomic mass is 16.6. The Morgan fingerprint density at radius 2 is 2.12 bits per heavy atom. The number of nitrogens with two attached hydrogens (primary N) is 1. The first-order valence-electron chi connectivity index (χ1n) is 7.78. The largest absolute Gasteiger partial charge is 0.543 e. The van der Waals surface area contributed by atoms with Gasteiger partial charge >= 0.3 is 0 Å². The molecular weight excluding hydrogens is 326 g/mol. The minimum Gasteiger partial charge on any atom is -0.543 e. The molecule has 25 heavy (non-hydrogen) atoms. The third-order valence-electron chi connectivity index (χ3n) is 4.38. The van der Waals surface area contributed by atoms with Crippen molar-refractivity contribution in [3.05, 3.63) is 46.8 Å². The summed E-state index contributed by atoms with van der Waals surface area (Å²) in [4.78, 5) is 12.6. The molecule has 0 bridgehead atoms. The topological polar surface area (TPSA) is 140 Å². The highest BCUT2D eigenvalue weighted by Gasteiger charge is 2.26. The van der Waals surface area contributed by atoms with Gasteiger partial charge in [0.15, 0.2) is 0 Å². The molecule has 1 aromatic carbocycles. The van der Waals surface area contributed by atoms with E-state index in [0.717, 1.165) is 19.5 Å². The van der Waals surface area contributed by atoms with Crippen molar-refractivity contribution in [1.29, 1.82) is 0 Å². The molecule has 0 fully saturated rings. The predicted molar refractivity (Wildman–Crippen MR) is 81.3 cm³/mol. The van der Waals surface area contributed by atoms with Gasteiger partial charge < -0.3 is 20.5 Å². The van der Waals surface area contributed by atoms with Crippen LogP contribution in [0.4, 0.5) is 5.82 Å². The maximum atomic E-state index is 11.4. The van der Waals surface area contributed by atoms with Crippen LogP contribution in [0.3, 0.4) is 0 Å². The van der Waals surface area contributed by atoms with Crippen molar-refractivity contribution >= 4 is 11.8 Å². The second-order valence-electron chi connectivity index (χ2n) is 5.93. The number of hydrogen-bond donors (Lipinski definition) is 2. The number of aromatic carboxylic acids is 1. The Labute approximate surface area is 141 Å². The van der Waals surface area contributed by atoms with Gasteiger partial charge in [0.2, 0.25) is 11.6 Å². The summed E-state index contributed by atoms with van der Waals surface area (Å²) in [6, 6.07) is 8.23. The Hall–Kier alpha value is -3.27. The van der Waals surface area contributed by atoms with Crippen LogP contribution < -0.4 is 15.7 Å². The second-order valence-corrected chi connectivity index (χ2v) is 5.93. The Morgan fingerprint density at radius 1 is 1.32 bits per heavy atom. The Bertz CT molecular complexity index is 933. The number of nitrogens with zero attached hydrogens (tertiary/aromatic N) is 5. The number of rotatable bonds is 4. The molecule has 1 aliphatic heterocycles. The molecule has 0 saturated heterocycles. The van der Waals surface area contributed by atoms with Gasteiger partial charge in [0.25, 0.3) is 0 Å². The molecule has 10 heteroatoms. The molecule has 1 atom stereocenters. The van der Waals surface area contributed by atoms with E-state index in [1.807, 2.05) is 12.1 Å². The van der Waals surface area contributed by atoms with Crippen LogP contribution in [-0.2, 0) is 19.5 Å². The number of quaternary nitrogens is 1. The van der Waals surface area contributed by atoms with Gasteiger partial charge in [0.05, 0.1) is 12.5 Å². The summed E-state index contributed by atoms with van der Waals surface area (Å²) in [7, 11) is 0. The van der Waals surface area contributed by atoms with Crippen molar-refractivity contribution < 1.29 is 19.4 Å². The number of nitrogen functional groups attached to an aromatic ring is 1. The van der Waals surface area contributed by atoms with E-state index < -0.39 is 5.97 Å². The monoisotopic (exact) mass is 341 g/mol. The van der Waals surface area contributed by atoms with Gasteiger partial charge in [-0.05, 0) is 15.9 Å². The molecule has 0 spiro atoms. The van der Waals surface area contributed by atoms with E-state index in [1.165, 1.54) is 20.7 Å². The first-order valence-corrected chi connectivity index (χ1v) is 7.78. The van der Waals surface area contributed by atoms with Crippen molar-refractivity contribution in [2.45, 2.75) is 19.5 Å². The van der Waals surface area contributed by atoms with E-state index in [-0.39, 0.29) is 17.3 Å². The summed E-state index contributed by atoms with van der Waals surface area (Å²) in [5.74, 6) is -1.27. The first kappa shape index (κ1) is 15.3. The van der Waals surface area contributed by atoms with Crippen LogP contribution in [0.5, 0.6) is 0 Å². The van der Waals surface area contributed by atoms with E-state index in [2.05, 4.69) is 37.4 Å². The zero-order chi connectivity index (χ0) is 17.4. The molecule has 0 aliphatic carbocycles. The first-order chi connectivity index (χ1) is 12.1. The summed E-state index contributed by atoms with van der Waals surface area (Å²) in [6.07, 6.45) is 0.918. The SMILES string of the molecule is Nc1nonc1-n1nnc(C(=O)[O-])c1C[NH+]1CCc2ccccc2C1. The van der Waals surface area contributed by atoms with E-state index in [4.69, 9.17) is 5.73 Å². The molecule has 3 heterocycles. The molecule has 2 aromatic heterocycles. The number of benzene rings is 1. The van der Waals surface area contributed by atoms with Gasteiger partial charge in [-0.15, -0.1) is 5.10 Å². The molecule has 0 saturated carbocycles. The van der Waals surface area contributed by atoms with E-state index in [1.54, 1.807) is 0 Å². The molecular formula is C15H15N7O3. The smallest absolute Gasteiger partial charge is 0.243 e. The van der Waals surface area contributed by atoms with E-state index in [0.29, 0.717) is 12.2 Å². The summed E-state index contributed by atoms with van der Waals surface area (Å²) >= 11 is 0. The van der Waals surface area contributed by atoms with Gasteiger partial charge in [-0.1, -0.05) is 29.5 Å². The lowest BCUT2D eigenvalue weighted by Crippen LogP contribution is -3.10. The fraction of sp³-hybridized carbons (Fsp3) is 0.267. The summed E-state index contributed by atoms with van der Waals surface area (Å²) in [6.45, 7) is 2.03. The fourth-order valence-electron chi connectivity index (χ4n) is 3.16. The number of nitrogens with one attached hydrogen (secondary N) is 1. The average molecular weight is 341 g/mol. The van der Waals surface area contributed by atoms with Crippen molar-refractivity contribution in [1.82, 2.24) is 25.3 Å². The second kappa shape index (κ2) is 5.98. The molecule has 10 nitrogen and oxygen atoms in total. The van der Waals surface area contributed by atoms with Gasteiger partial charge in [0, 0.05) is 12.0 Å². The zero-order valence-electron chi connectivity index (χ0n) is 13.2. The lowest BCUT2D eigenvalue weighted by Gasteiger charge is -2.26. The Morgan fingerprint density at radius 3 is 2.84 bits per heavy atom. The summed E-state index contributed by atoms with van der Waals surface area (Å²) in [5.41, 5.74) is 8.40. The van der Waals surface area contributed by atoms with Crippen LogP contribution >= 0.6 is 0 Å². The zero-order valence-corrected chi connectivity index (χ0v) is 13.2. The van der Waals surface area contributed by atoms with E-state index >= 15 is 0 Å². The fourth-order valence-corrected chi connectivity index (χ4v) is 3.16. The van der Waals surface area contributed by atoms with Gasteiger partial charge in [-0.3, -0.25) is 0 Å². The minimum absolute atomic E-state index is 0.00929. The number of anilines is 1. The minimum atomic E-state index is -1.40.